The highest BCUT2D eigenvalue weighted by molar-refractivity contribution is 6.30. The van der Waals surface area contributed by atoms with Crippen LogP contribution in [-0.4, -0.2) is 18.0 Å². The number of carbonyl (C=O) groups excluding carboxylic acids is 1. The van der Waals surface area contributed by atoms with E-state index in [0.717, 1.165) is 6.42 Å². The van der Waals surface area contributed by atoms with Crippen LogP contribution in [-0.2, 0) is 0 Å². The zero-order valence-corrected chi connectivity index (χ0v) is 12.4. The van der Waals surface area contributed by atoms with Crippen LogP contribution in [0.25, 0.3) is 0 Å². The lowest BCUT2D eigenvalue weighted by Gasteiger charge is -2.11. The number of hydrogen-bond donors (Lipinski definition) is 2. The maximum atomic E-state index is 12.2. The number of rotatable bonds is 3. The normalized spacial score (nSPS) is 23.4. The monoisotopic (exact) mass is 310 g/mol. The van der Waals surface area contributed by atoms with Crippen LogP contribution in [0.5, 0.6) is 0 Å². The van der Waals surface area contributed by atoms with Gasteiger partial charge in [0.25, 0.3) is 0 Å². The largest absolute Gasteiger partial charge is 0.371 e. The number of hydrogen-bond acceptors (Lipinski definition) is 3. The van der Waals surface area contributed by atoms with Gasteiger partial charge in [0.2, 0.25) is 0 Å². The van der Waals surface area contributed by atoms with Crippen molar-refractivity contribution in [3.63, 3.8) is 0 Å². The summed E-state index contributed by atoms with van der Waals surface area (Å²) in [5.74, 6) is 0.119. The van der Waals surface area contributed by atoms with Crippen LogP contribution in [0.3, 0.4) is 0 Å². The van der Waals surface area contributed by atoms with Gasteiger partial charge in [-0.1, -0.05) is 23.8 Å². The molecule has 2 unspecified atom stereocenters. The Hall–Kier alpha value is -1.29. The number of benzene rings is 1. The van der Waals surface area contributed by atoms with Gasteiger partial charge in [0, 0.05) is 22.7 Å². The summed E-state index contributed by atoms with van der Waals surface area (Å²) in [6.07, 6.45) is 7.67. The molecule has 1 aromatic carbocycles. The summed E-state index contributed by atoms with van der Waals surface area (Å²) in [5.41, 5.74) is 1.88. The van der Waals surface area contributed by atoms with E-state index in [0.29, 0.717) is 23.0 Å². The summed E-state index contributed by atoms with van der Waals surface area (Å²) in [6.45, 7) is 0. The van der Waals surface area contributed by atoms with Gasteiger partial charge in [-0.15, -0.1) is 12.4 Å². The molecule has 1 aliphatic carbocycles. The van der Waals surface area contributed by atoms with E-state index in [9.17, 15) is 4.79 Å². The number of carbonyl (C=O) groups is 1. The second kappa shape index (κ2) is 6.44. The molecule has 0 spiro atoms. The Labute approximate surface area is 129 Å². The predicted octanol–water partition coefficient (Wildman–Crippen LogP) is 3.07. The summed E-state index contributed by atoms with van der Waals surface area (Å²) in [5, 5.41) is 7.43. The summed E-state index contributed by atoms with van der Waals surface area (Å²) in [4.78, 5) is 12.2. The fourth-order valence-corrected chi connectivity index (χ4v) is 2.60. The zero-order valence-electron chi connectivity index (χ0n) is 10.8. The number of ketones is 1. The molecule has 1 aliphatic heterocycles. The van der Waals surface area contributed by atoms with Crippen LogP contribution < -0.4 is 10.6 Å². The minimum Gasteiger partial charge on any atom is -0.371 e. The Bertz CT molecular complexity index is 551. The van der Waals surface area contributed by atoms with Gasteiger partial charge in [-0.3, -0.25) is 10.1 Å². The number of allylic oxidation sites excluding steroid dienone is 2. The van der Waals surface area contributed by atoms with Gasteiger partial charge in [0.15, 0.2) is 5.78 Å². The smallest absolute Gasteiger partial charge is 0.166 e. The molecule has 0 radical (unpaired) electrons. The fourth-order valence-electron chi connectivity index (χ4n) is 2.47. The minimum atomic E-state index is 0. The van der Waals surface area contributed by atoms with E-state index >= 15 is 0 Å². The van der Waals surface area contributed by atoms with E-state index in [1.807, 2.05) is 6.08 Å². The Morgan fingerprint density at radius 1 is 1.30 bits per heavy atom. The summed E-state index contributed by atoms with van der Waals surface area (Å²) < 4.78 is 0. The number of fused-ring (bicyclic) bond motifs is 1. The number of Topliss-reactive ketones (excluding diaryl/α,β-unsaturated/α-hetero) is 1. The van der Waals surface area contributed by atoms with E-state index in [4.69, 9.17) is 11.6 Å². The molecule has 3 nitrogen and oxygen atoms in total. The minimum absolute atomic E-state index is 0. The van der Waals surface area contributed by atoms with Gasteiger partial charge in [-0.2, -0.15) is 0 Å². The third-order valence-corrected chi connectivity index (χ3v) is 3.71. The number of halogens is 2. The first-order chi connectivity index (χ1) is 9.22. The molecule has 2 aliphatic rings. The lowest BCUT2D eigenvalue weighted by atomic mass is 10.1. The van der Waals surface area contributed by atoms with Crippen molar-refractivity contribution in [1.29, 1.82) is 0 Å². The Kier molecular flexibility index (Phi) is 4.86. The molecular formula is C15H16Cl2N2O. The van der Waals surface area contributed by atoms with Crippen molar-refractivity contribution < 1.29 is 4.79 Å². The molecule has 5 heteroatoms. The van der Waals surface area contributed by atoms with Crippen molar-refractivity contribution in [1.82, 2.24) is 10.6 Å². The van der Waals surface area contributed by atoms with Crippen molar-refractivity contribution in [2.75, 3.05) is 0 Å². The Morgan fingerprint density at radius 2 is 2.05 bits per heavy atom. The lowest BCUT2D eigenvalue weighted by Crippen LogP contribution is -2.35. The van der Waals surface area contributed by atoms with Crippen LogP contribution in [0.4, 0.5) is 0 Å². The Morgan fingerprint density at radius 3 is 2.75 bits per heavy atom. The molecule has 2 atom stereocenters. The molecular weight excluding hydrogens is 295 g/mol. The van der Waals surface area contributed by atoms with E-state index < -0.39 is 0 Å². The highest BCUT2D eigenvalue weighted by atomic mass is 35.5. The third-order valence-electron chi connectivity index (χ3n) is 3.46. The first-order valence-corrected chi connectivity index (χ1v) is 6.78. The maximum absolute atomic E-state index is 12.2. The Balaban J connectivity index is 0.00000147. The predicted molar refractivity (Wildman–Crippen MR) is 83.3 cm³/mol. The lowest BCUT2D eigenvalue weighted by molar-refractivity contribution is 0.0968. The summed E-state index contributed by atoms with van der Waals surface area (Å²) in [7, 11) is 0. The average molecular weight is 311 g/mol. The SMILES string of the molecule is Cl.O=C(CC1NC2=CC=CCC2N1)c1ccc(Cl)cc1. The average Bonchev–Trinajstić information content (AvgIpc) is 2.81. The van der Waals surface area contributed by atoms with Crippen molar-refractivity contribution in [2.24, 2.45) is 0 Å². The molecule has 20 heavy (non-hydrogen) atoms. The summed E-state index contributed by atoms with van der Waals surface area (Å²) in [6, 6.07) is 7.36. The van der Waals surface area contributed by atoms with Crippen molar-refractivity contribution >= 4 is 29.8 Å². The van der Waals surface area contributed by atoms with Gasteiger partial charge >= 0.3 is 0 Å². The standard InChI is InChI=1S/C15H15ClN2O.ClH/c16-11-7-5-10(6-8-11)14(19)9-15-17-12-3-1-2-4-13(12)18-15;/h1-3,5-8,13,15,17-18H,4,9H2;1H. The topological polar surface area (TPSA) is 41.1 Å². The van der Waals surface area contributed by atoms with Crippen LogP contribution in [0.1, 0.15) is 23.2 Å². The van der Waals surface area contributed by atoms with Gasteiger partial charge in [0.1, 0.15) is 0 Å². The second-order valence-electron chi connectivity index (χ2n) is 4.84. The zero-order chi connectivity index (χ0) is 13.2. The molecule has 0 aromatic heterocycles. The molecule has 3 rings (SSSR count). The molecule has 1 heterocycles. The fraction of sp³-hybridized carbons (Fsp3) is 0.267. The maximum Gasteiger partial charge on any atom is 0.166 e. The van der Waals surface area contributed by atoms with E-state index in [1.165, 1.54) is 5.70 Å². The molecule has 1 aromatic rings. The molecule has 1 fully saturated rings. The molecule has 1 saturated heterocycles. The third kappa shape index (κ3) is 3.23. The van der Waals surface area contributed by atoms with Crippen LogP contribution in [0.2, 0.25) is 5.02 Å². The molecule has 106 valence electrons. The molecule has 0 saturated carbocycles. The van der Waals surface area contributed by atoms with Crippen molar-refractivity contribution in [3.05, 3.63) is 58.8 Å². The van der Waals surface area contributed by atoms with Crippen molar-refractivity contribution in [3.8, 4) is 0 Å². The van der Waals surface area contributed by atoms with Crippen molar-refractivity contribution in [2.45, 2.75) is 25.0 Å². The van der Waals surface area contributed by atoms with E-state index in [-0.39, 0.29) is 24.4 Å². The van der Waals surface area contributed by atoms with Crippen LogP contribution in [0, 0.1) is 0 Å². The summed E-state index contributed by atoms with van der Waals surface area (Å²) >= 11 is 5.82. The molecule has 0 bridgehead atoms. The first kappa shape index (κ1) is 15.1. The van der Waals surface area contributed by atoms with Crippen LogP contribution >= 0.6 is 24.0 Å². The highest BCUT2D eigenvalue weighted by Gasteiger charge is 2.29. The molecule has 0 amide bonds. The molecule has 2 N–H and O–H groups in total. The van der Waals surface area contributed by atoms with Gasteiger partial charge in [-0.25, -0.2) is 0 Å². The van der Waals surface area contributed by atoms with Crippen LogP contribution in [0.15, 0.2) is 48.2 Å². The van der Waals surface area contributed by atoms with E-state index in [2.05, 4.69) is 22.8 Å². The quantitative estimate of drug-likeness (QED) is 0.843. The van der Waals surface area contributed by atoms with Gasteiger partial charge in [-0.05, 0) is 36.8 Å². The number of nitrogens with one attached hydrogen (secondary N) is 2. The highest BCUT2D eigenvalue weighted by Crippen LogP contribution is 2.19. The van der Waals surface area contributed by atoms with E-state index in [1.54, 1.807) is 24.3 Å². The second-order valence-corrected chi connectivity index (χ2v) is 5.27. The van der Waals surface area contributed by atoms with Gasteiger partial charge in [0.05, 0.1) is 12.2 Å². The van der Waals surface area contributed by atoms with Gasteiger partial charge < -0.3 is 5.32 Å². The first-order valence-electron chi connectivity index (χ1n) is 6.40.